The molecular formula is C20H19N3OS3. The van der Waals surface area contributed by atoms with Gasteiger partial charge in [-0.25, -0.2) is 4.98 Å². The molecule has 2 heterocycles. The molecule has 3 aromatic rings. The smallest absolute Gasteiger partial charge is 0.253 e. The average molecular weight is 414 g/mol. The standard InChI is InChI=1S/C20H19N3OS3/c24-19(15-6-2-1-3-7-15)22-10-12-23(13-11-22)20(25)26-14-18-21-16-8-4-5-9-17(16)27-18/h1-9H,10-14H2. The fraction of sp³-hybridized carbons (Fsp3) is 0.250. The Hall–Kier alpha value is -1.96. The number of benzene rings is 2. The van der Waals surface area contributed by atoms with E-state index in [1.54, 1.807) is 23.1 Å². The van der Waals surface area contributed by atoms with Gasteiger partial charge in [-0.15, -0.1) is 11.3 Å². The fourth-order valence-electron chi connectivity index (χ4n) is 3.05. The van der Waals surface area contributed by atoms with Crippen molar-refractivity contribution in [2.24, 2.45) is 0 Å². The number of hydrogen-bond acceptors (Lipinski definition) is 5. The van der Waals surface area contributed by atoms with Crippen LogP contribution in [0.5, 0.6) is 0 Å². The number of fused-ring (bicyclic) bond motifs is 1. The Labute approximate surface area is 172 Å². The number of carbonyl (C=O) groups excluding carboxylic acids is 1. The lowest BCUT2D eigenvalue weighted by Gasteiger charge is -2.35. The number of hydrogen-bond donors (Lipinski definition) is 0. The van der Waals surface area contributed by atoms with Gasteiger partial charge in [0.15, 0.2) is 0 Å². The molecule has 1 amide bonds. The van der Waals surface area contributed by atoms with Crippen molar-refractivity contribution in [3.63, 3.8) is 0 Å². The van der Waals surface area contributed by atoms with Crippen molar-refractivity contribution in [1.29, 1.82) is 0 Å². The summed E-state index contributed by atoms with van der Waals surface area (Å²) in [6.07, 6.45) is 0. The predicted molar refractivity (Wildman–Crippen MR) is 117 cm³/mol. The predicted octanol–water partition coefficient (Wildman–Crippen LogP) is 4.27. The van der Waals surface area contributed by atoms with Crippen molar-refractivity contribution in [2.45, 2.75) is 5.75 Å². The third-order valence-corrected chi connectivity index (χ3v) is 7.26. The number of thioether (sulfide) groups is 1. The SMILES string of the molecule is O=C(c1ccccc1)N1CCN(C(=S)SCc2nc3ccccc3s2)CC1. The molecule has 27 heavy (non-hydrogen) atoms. The number of rotatable bonds is 3. The van der Waals surface area contributed by atoms with E-state index in [2.05, 4.69) is 16.0 Å². The molecule has 1 aliphatic heterocycles. The van der Waals surface area contributed by atoms with Crippen LogP contribution in [0.15, 0.2) is 54.6 Å². The summed E-state index contributed by atoms with van der Waals surface area (Å²) in [6, 6.07) is 17.7. The number of nitrogens with zero attached hydrogens (tertiary/aromatic N) is 3. The molecule has 0 saturated carbocycles. The number of amides is 1. The van der Waals surface area contributed by atoms with Crippen LogP contribution in [0.3, 0.4) is 0 Å². The first-order chi connectivity index (χ1) is 13.2. The van der Waals surface area contributed by atoms with Crippen LogP contribution in [0.4, 0.5) is 0 Å². The van der Waals surface area contributed by atoms with Gasteiger partial charge in [0.05, 0.1) is 16.0 Å². The number of para-hydroxylation sites is 1. The Morgan fingerprint density at radius 2 is 1.67 bits per heavy atom. The van der Waals surface area contributed by atoms with Crippen LogP contribution in [0.1, 0.15) is 15.4 Å². The van der Waals surface area contributed by atoms with Gasteiger partial charge >= 0.3 is 0 Å². The highest BCUT2D eigenvalue weighted by molar-refractivity contribution is 8.22. The molecule has 7 heteroatoms. The van der Waals surface area contributed by atoms with Gasteiger partial charge in [-0.05, 0) is 24.3 Å². The first-order valence-corrected chi connectivity index (χ1v) is 11.0. The highest BCUT2D eigenvalue weighted by Gasteiger charge is 2.23. The third kappa shape index (κ3) is 4.31. The first-order valence-electron chi connectivity index (χ1n) is 8.81. The zero-order valence-electron chi connectivity index (χ0n) is 14.7. The number of carbonyl (C=O) groups is 1. The van der Waals surface area contributed by atoms with E-state index in [-0.39, 0.29) is 5.91 Å². The van der Waals surface area contributed by atoms with E-state index in [0.717, 1.165) is 39.3 Å². The second-order valence-corrected chi connectivity index (χ2v) is 9.00. The van der Waals surface area contributed by atoms with E-state index in [1.165, 1.54) is 4.70 Å². The van der Waals surface area contributed by atoms with E-state index in [9.17, 15) is 4.79 Å². The minimum absolute atomic E-state index is 0.100. The van der Waals surface area contributed by atoms with E-state index in [0.29, 0.717) is 13.1 Å². The largest absolute Gasteiger partial charge is 0.354 e. The quantitative estimate of drug-likeness (QED) is 0.599. The first kappa shape index (κ1) is 18.4. The van der Waals surface area contributed by atoms with Gasteiger partial charge < -0.3 is 9.80 Å². The zero-order chi connectivity index (χ0) is 18.6. The second-order valence-electron chi connectivity index (χ2n) is 6.28. The fourth-order valence-corrected chi connectivity index (χ4v) is 5.26. The summed E-state index contributed by atoms with van der Waals surface area (Å²) < 4.78 is 2.10. The molecule has 2 aromatic carbocycles. The lowest BCUT2D eigenvalue weighted by atomic mass is 10.2. The number of thiocarbonyl (C=S) groups is 1. The van der Waals surface area contributed by atoms with Gasteiger partial charge in [-0.1, -0.05) is 54.3 Å². The van der Waals surface area contributed by atoms with Crippen molar-refractivity contribution in [1.82, 2.24) is 14.8 Å². The van der Waals surface area contributed by atoms with Gasteiger partial charge in [0.1, 0.15) is 9.33 Å². The Kier molecular flexibility index (Phi) is 5.71. The summed E-state index contributed by atoms with van der Waals surface area (Å²) in [5, 5.41) is 1.10. The van der Waals surface area contributed by atoms with E-state index in [4.69, 9.17) is 12.2 Å². The summed E-state index contributed by atoms with van der Waals surface area (Å²) in [5.41, 5.74) is 1.80. The molecule has 0 spiro atoms. The molecule has 0 atom stereocenters. The van der Waals surface area contributed by atoms with Crippen LogP contribution in [0, 0.1) is 0 Å². The normalized spacial score (nSPS) is 14.5. The summed E-state index contributed by atoms with van der Waals surface area (Å²) in [6.45, 7) is 2.97. The minimum atomic E-state index is 0.100. The van der Waals surface area contributed by atoms with Gasteiger partial charge in [0, 0.05) is 31.7 Å². The van der Waals surface area contributed by atoms with Gasteiger partial charge in [0.2, 0.25) is 0 Å². The van der Waals surface area contributed by atoms with E-state index >= 15 is 0 Å². The van der Waals surface area contributed by atoms with Crippen LogP contribution >= 0.6 is 35.3 Å². The molecule has 0 N–H and O–H groups in total. The lowest BCUT2D eigenvalue weighted by Crippen LogP contribution is -2.49. The minimum Gasteiger partial charge on any atom is -0.354 e. The molecule has 1 fully saturated rings. The van der Waals surface area contributed by atoms with Crippen LogP contribution in [0.25, 0.3) is 10.2 Å². The number of thiazole rings is 1. The highest BCUT2D eigenvalue weighted by atomic mass is 32.2. The van der Waals surface area contributed by atoms with Crippen molar-refractivity contribution in [3.8, 4) is 0 Å². The van der Waals surface area contributed by atoms with Crippen molar-refractivity contribution in [2.75, 3.05) is 26.2 Å². The Morgan fingerprint density at radius 3 is 2.41 bits per heavy atom. The molecule has 138 valence electrons. The summed E-state index contributed by atoms with van der Waals surface area (Å²) in [5.74, 6) is 0.893. The van der Waals surface area contributed by atoms with Crippen molar-refractivity contribution in [3.05, 3.63) is 65.2 Å². The highest BCUT2D eigenvalue weighted by Crippen LogP contribution is 2.26. The molecule has 0 bridgehead atoms. The van der Waals surface area contributed by atoms with Gasteiger partial charge in [0.25, 0.3) is 5.91 Å². The lowest BCUT2D eigenvalue weighted by molar-refractivity contribution is 0.0695. The maximum Gasteiger partial charge on any atom is 0.253 e. The zero-order valence-corrected chi connectivity index (χ0v) is 17.2. The van der Waals surface area contributed by atoms with Crippen molar-refractivity contribution < 1.29 is 4.79 Å². The number of piperazine rings is 1. The van der Waals surface area contributed by atoms with Gasteiger partial charge in [-0.3, -0.25) is 4.79 Å². The van der Waals surface area contributed by atoms with Crippen molar-refractivity contribution >= 4 is 55.8 Å². The monoisotopic (exact) mass is 413 g/mol. The molecule has 4 nitrogen and oxygen atoms in total. The average Bonchev–Trinajstić information content (AvgIpc) is 3.15. The van der Waals surface area contributed by atoms with E-state index in [1.807, 2.05) is 53.4 Å². The van der Waals surface area contributed by atoms with Crippen LogP contribution < -0.4 is 0 Å². The van der Waals surface area contributed by atoms with Crippen LogP contribution in [0.2, 0.25) is 0 Å². The molecule has 0 unspecified atom stereocenters. The van der Waals surface area contributed by atoms with E-state index < -0.39 is 0 Å². The van der Waals surface area contributed by atoms with Crippen LogP contribution in [-0.4, -0.2) is 51.2 Å². The third-order valence-electron chi connectivity index (χ3n) is 4.50. The summed E-state index contributed by atoms with van der Waals surface area (Å²) in [4.78, 5) is 21.3. The van der Waals surface area contributed by atoms with Gasteiger partial charge in [-0.2, -0.15) is 0 Å². The molecule has 0 radical (unpaired) electrons. The molecule has 4 rings (SSSR count). The molecular weight excluding hydrogens is 394 g/mol. The molecule has 1 aromatic heterocycles. The number of aromatic nitrogens is 1. The maximum absolute atomic E-state index is 12.5. The maximum atomic E-state index is 12.5. The molecule has 0 aliphatic carbocycles. The van der Waals surface area contributed by atoms with Crippen LogP contribution in [-0.2, 0) is 5.75 Å². The second kappa shape index (κ2) is 8.37. The molecule has 1 saturated heterocycles. The summed E-state index contributed by atoms with van der Waals surface area (Å²) in [7, 11) is 0. The Balaban J connectivity index is 1.29. The Bertz CT molecular complexity index is 916. The Morgan fingerprint density at radius 1 is 1.00 bits per heavy atom. The summed E-state index contributed by atoms with van der Waals surface area (Å²) >= 11 is 9.00. The molecule has 1 aliphatic rings. The topological polar surface area (TPSA) is 36.4 Å².